The van der Waals surface area contributed by atoms with Crippen LogP contribution in [0.25, 0.3) is 5.69 Å². The topological polar surface area (TPSA) is 36.3 Å². The molecule has 1 N–H and O–H groups in total. The minimum absolute atomic E-state index is 0.00698. The fourth-order valence-corrected chi connectivity index (χ4v) is 5.32. The van der Waals surface area contributed by atoms with Gasteiger partial charge in [-0.15, -0.1) is 0 Å². The number of nitrogens with one attached hydrogen (secondary N) is 1. The maximum Gasteiger partial charge on any atom is 0.170 e. The van der Waals surface area contributed by atoms with Gasteiger partial charge in [0.05, 0.1) is 17.8 Å². The van der Waals surface area contributed by atoms with Gasteiger partial charge in [-0.25, -0.2) is 0 Å². The molecule has 1 aromatic carbocycles. The summed E-state index contributed by atoms with van der Waals surface area (Å²) < 4.78 is 2.31. The molecule has 3 aromatic rings. The molecule has 1 fully saturated rings. The molecule has 2 aromatic heterocycles. The maximum atomic E-state index is 6.37. The first-order valence-corrected chi connectivity index (χ1v) is 12.1. The number of rotatable bonds is 7. The molecule has 0 aliphatic carbocycles. The van der Waals surface area contributed by atoms with Crippen LogP contribution in [0.1, 0.15) is 46.7 Å². The second-order valence-corrected chi connectivity index (χ2v) is 9.89. The molecule has 3 heterocycles. The van der Waals surface area contributed by atoms with Crippen molar-refractivity contribution in [3.8, 4) is 5.69 Å². The smallest absolute Gasteiger partial charge is 0.170 e. The zero-order valence-electron chi connectivity index (χ0n) is 20.0. The molecule has 7 heteroatoms. The summed E-state index contributed by atoms with van der Waals surface area (Å²) in [6.45, 7) is 8.38. The molecule has 0 saturated carbocycles. The molecule has 1 aliphatic heterocycles. The molecule has 2 atom stereocenters. The van der Waals surface area contributed by atoms with Gasteiger partial charge in [0.15, 0.2) is 5.11 Å². The Kier molecular flexibility index (Phi) is 7.07. The van der Waals surface area contributed by atoms with Crippen molar-refractivity contribution >= 4 is 28.9 Å². The Morgan fingerprint density at radius 1 is 1.12 bits per heavy atom. The molecule has 1 saturated heterocycles. The molecule has 0 amide bonds. The Hall–Kier alpha value is -2.41. The van der Waals surface area contributed by atoms with E-state index in [2.05, 4.69) is 77.7 Å². The summed E-state index contributed by atoms with van der Waals surface area (Å²) in [5.41, 5.74) is 6.96. The van der Waals surface area contributed by atoms with E-state index in [1.165, 1.54) is 22.5 Å². The largest absolute Gasteiger partial charge is 0.352 e. The van der Waals surface area contributed by atoms with Crippen LogP contribution in [0.2, 0.25) is 5.02 Å². The van der Waals surface area contributed by atoms with Crippen molar-refractivity contribution in [1.82, 2.24) is 24.7 Å². The minimum Gasteiger partial charge on any atom is -0.352 e. The van der Waals surface area contributed by atoms with Crippen molar-refractivity contribution in [2.45, 2.75) is 39.3 Å². The van der Waals surface area contributed by atoms with Crippen LogP contribution in [0.4, 0.5) is 0 Å². The number of aryl methyl sites for hydroxylation is 2. The Morgan fingerprint density at radius 3 is 2.61 bits per heavy atom. The van der Waals surface area contributed by atoms with Gasteiger partial charge < -0.3 is 19.7 Å². The highest BCUT2D eigenvalue weighted by Crippen LogP contribution is 2.41. The Labute approximate surface area is 207 Å². The molecule has 0 spiro atoms. The number of hydrogen-bond donors (Lipinski definition) is 1. The SMILES string of the molecule is Cc1ccc(Cl)cc1-n1c(C)cc(C2C(c3ccccn3)NC(=S)N2CCCN(C)C)c1C. The van der Waals surface area contributed by atoms with E-state index < -0.39 is 0 Å². The van der Waals surface area contributed by atoms with E-state index in [-0.39, 0.29) is 12.1 Å². The predicted molar refractivity (Wildman–Crippen MR) is 140 cm³/mol. The normalized spacial score (nSPS) is 18.3. The molecule has 174 valence electrons. The van der Waals surface area contributed by atoms with Crippen LogP contribution in [0.5, 0.6) is 0 Å². The molecule has 0 bridgehead atoms. The van der Waals surface area contributed by atoms with Crippen LogP contribution >= 0.6 is 23.8 Å². The van der Waals surface area contributed by atoms with Crippen molar-refractivity contribution in [3.63, 3.8) is 0 Å². The van der Waals surface area contributed by atoms with Crippen molar-refractivity contribution in [3.05, 3.63) is 81.9 Å². The highest BCUT2D eigenvalue weighted by atomic mass is 35.5. The highest BCUT2D eigenvalue weighted by molar-refractivity contribution is 7.80. The average molecular weight is 482 g/mol. The van der Waals surface area contributed by atoms with Crippen LogP contribution in [0.3, 0.4) is 0 Å². The summed E-state index contributed by atoms with van der Waals surface area (Å²) in [5, 5.41) is 5.10. The Balaban J connectivity index is 1.80. The van der Waals surface area contributed by atoms with Gasteiger partial charge in [-0.1, -0.05) is 23.7 Å². The summed E-state index contributed by atoms with van der Waals surface area (Å²) in [6, 6.07) is 14.5. The lowest BCUT2D eigenvalue weighted by molar-refractivity contribution is 0.292. The number of nitrogens with zero attached hydrogens (tertiary/aromatic N) is 4. The van der Waals surface area contributed by atoms with E-state index in [1.807, 2.05) is 30.5 Å². The summed E-state index contributed by atoms with van der Waals surface area (Å²) in [4.78, 5) is 9.23. The van der Waals surface area contributed by atoms with Crippen LogP contribution < -0.4 is 5.32 Å². The first kappa shape index (κ1) is 23.7. The maximum absolute atomic E-state index is 6.37. The number of pyridine rings is 1. The van der Waals surface area contributed by atoms with Gasteiger partial charge in [0.2, 0.25) is 0 Å². The molecular formula is C26H32ClN5S. The molecule has 33 heavy (non-hydrogen) atoms. The van der Waals surface area contributed by atoms with Crippen molar-refractivity contribution in [2.24, 2.45) is 0 Å². The lowest BCUT2D eigenvalue weighted by atomic mass is 9.96. The summed E-state index contributed by atoms with van der Waals surface area (Å²) in [6.07, 6.45) is 2.89. The molecule has 2 unspecified atom stereocenters. The van der Waals surface area contributed by atoms with E-state index in [1.54, 1.807) is 0 Å². The third-order valence-corrected chi connectivity index (χ3v) is 6.99. The van der Waals surface area contributed by atoms with Crippen LogP contribution in [0, 0.1) is 20.8 Å². The first-order chi connectivity index (χ1) is 15.8. The Morgan fingerprint density at radius 2 is 1.91 bits per heavy atom. The lowest BCUT2D eigenvalue weighted by Gasteiger charge is -2.28. The second-order valence-electron chi connectivity index (χ2n) is 9.07. The molecular weight excluding hydrogens is 450 g/mol. The number of halogens is 1. The zero-order chi connectivity index (χ0) is 23.7. The van der Waals surface area contributed by atoms with Crippen LogP contribution in [-0.4, -0.2) is 51.6 Å². The molecule has 0 radical (unpaired) electrons. The highest BCUT2D eigenvalue weighted by Gasteiger charge is 2.41. The van der Waals surface area contributed by atoms with Gasteiger partial charge in [-0.2, -0.15) is 0 Å². The summed E-state index contributed by atoms with van der Waals surface area (Å²) >= 11 is 12.2. The first-order valence-electron chi connectivity index (χ1n) is 11.4. The number of aromatic nitrogens is 2. The minimum atomic E-state index is -0.00698. The van der Waals surface area contributed by atoms with Crippen molar-refractivity contribution < 1.29 is 0 Å². The van der Waals surface area contributed by atoms with Crippen LogP contribution in [0.15, 0.2) is 48.7 Å². The second kappa shape index (κ2) is 9.84. The third-order valence-electron chi connectivity index (χ3n) is 6.40. The third kappa shape index (κ3) is 4.79. The molecule has 4 rings (SSSR count). The summed E-state index contributed by atoms with van der Waals surface area (Å²) in [5.74, 6) is 0. The standard InChI is InChI=1S/C26H32ClN5S/c1-17-10-11-20(27)16-23(17)32-18(2)15-21(19(32)3)25-24(22-9-6-7-12-28-22)29-26(33)31(25)14-8-13-30(4)5/h6-7,9-12,15-16,24-25H,8,13-14H2,1-5H3,(H,29,33). The van der Waals surface area contributed by atoms with Gasteiger partial charge in [-0.05, 0) is 102 Å². The zero-order valence-corrected chi connectivity index (χ0v) is 21.5. The fraction of sp³-hybridized carbons (Fsp3) is 0.385. The van der Waals surface area contributed by atoms with E-state index in [9.17, 15) is 0 Å². The van der Waals surface area contributed by atoms with Gasteiger partial charge >= 0.3 is 0 Å². The van der Waals surface area contributed by atoms with Gasteiger partial charge in [0.25, 0.3) is 0 Å². The predicted octanol–water partition coefficient (Wildman–Crippen LogP) is 5.38. The molecule has 1 aliphatic rings. The summed E-state index contributed by atoms with van der Waals surface area (Å²) in [7, 11) is 4.21. The van der Waals surface area contributed by atoms with Gasteiger partial charge in [0, 0.05) is 34.8 Å². The number of benzene rings is 1. The van der Waals surface area contributed by atoms with E-state index in [0.29, 0.717) is 0 Å². The van der Waals surface area contributed by atoms with Crippen molar-refractivity contribution in [1.29, 1.82) is 0 Å². The van der Waals surface area contributed by atoms with Crippen LogP contribution in [-0.2, 0) is 0 Å². The van der Waals surface area contributed by atoms with Crippen molar-refractivity contribution in [2.75, 3.05) is 27.2 Å². The molecule has 5 nitrogen and oxygen atoms in total. The van der Waals surface area contributed by atoms with E-state index >= 15 is 0 Å². The quantitative estimate of drug-likeness (QED) is 0.459. The fourth-order valence-electron chi connectivity index (χ4n) is 4.82. The number of thiocarbonyl (C=S) groups is 1. The van der Waals surface area contributed by atoms with E-state index in [0.717, 1.165) is 41.0 Å². The lowest BCUT2D eigenvalue weighted by Crippen LogP contribution is -2.32. The average Bonchev–Trinajstić information content (AvgIpc) is 3.25. The number of hydrogen-bond acceptors (Lipinski definition) is 3. The monoisotopic (exact) mass is 481 g/mol. The van der Waals surface area contributed by atoms with Gasteiger partial charge in [-0.3, -0.25) is 4.98 Å². The van der Waals surface area contributed by atoms with E-state index in [4.69, 9.17) is 23.8 Å². The van der Waals surface area contributed by atoms with Gasteiger partial charge in [0.1, 0.15) is 0 Å². The Bertz CT molecular complexity index is 1140.